The Balaban J connectivity index is 1.23. The van der Waals surface area contributed by atoms with Crippen LogP contribution in [0.1, 0.15) is 21.5 Å². The number of nitrogens with one attached hydrogen (secondary N) is 2. The first-order chi connectivity index (χ1) is 15.2. The van der Waals surface area contributed by atoms with Crippen LogP contribution in [0.25, 0.3) is 10.2 Å². The Hall–Kier alpha value is -3.16. The van der Waals surface area contributed by atoms with Crippen molar-refractivity contribution < 1.29 is 9.59 Å². The third kappa shape index (κ3) is 5.93. The molecular formula is C24H21N3O2S2. The highest BCUT2D eigenvalue weighted by Crippen LogP contribution is 2.31. The summed E-state index contributed by atoms with van der Waals surface area (Å²) in [6, 6.07) is 25.2. The summed E-state index contributed by atoms with van der Waals surface area (Å²) in [5.74, 6) is 0.296. The number of carbonyl (C=O) groups is 2. The lowest BCUT2D eigenvalue weighted by atomic mass is 10.1. The van der Waals surface area contributed by atoms with Crippen LogP contribution in [0.5, 0.6) is 0 Å². The number of thioether (sulfide) groups is 1. The number of fused-ring (bicyclic) bond motifs is 1. The van der Waals surface area contributed by atoms with E-state index in [1.54, 1.807) is 35.2 Å². The molecule has 0 saturated heterocycles. The fourth-order valence-corrected chi connectivity index (χ4v) is 4.96. The zero-order valence-electron chi connectivity index (χ0n) is 16.7. The van der Waals surface area contributed by atoms with Gasteiger partial charge in [-0.2, -0.15) is 0 Å². The molecule has 0 saturated carbocycles. The van der Waals surface area contributed by atoms with E-state index in [9.17, 15) is 9.59 Å². The van der Waals surface area contributed by atoms with E-state index in [2.05, 4.69) is 21.7 Å². The highest BCUT2D eigenvalue weighted by molar-refractivity contribution is 8.00. The van der Waals surface area contributed by atoms with Crippen LogP contribution in [0, 0.1) is 0 Å². The number of aromatic nitrogens is 1. The fraction of sp³-hybridized carbons (Fsp3) is 0.125. The molecule has 1 heterocycles. The van der Waals surface area contributed by atoms with Gasteiger partial charge in [0.15, 0.2) is 4.34 Å². The molecule has 0 atom stereocenters. The Kier molecular flexibility index (Phi) is 6.96. The standard InChI is InChI=1S/C24H21N3O2S2/c28-22(25-14-17-6-2-1-3-7-17)15-26-23(29)19-12-10-18(11-13-19)16-30-24-27-20-8-4-5-9-21(20)31-24/h1-13H,14-16H2,(H,25,28)(H,26,29). The molecule has 4 rings (SSSR count). The summed E-state index contributed by atoms with van der Waals surface area (Å²) in [6.45, 7) is 0.386. The number of para-hydroxylation sites is 1. The summed E-state index contributed by atoms with van der Waals surface area (Å²) >= 11 is 3.37. The maximum atomic E-state index is 12.3. The molecule has 0 bridgehead atoms. The third-order valence-corrected chi connectivity index (χ3v) is 6.85. The molecule has 31 heavy (non-hydrogen) atoms. The molecule has 7 heteroatoms. The quantitative estimate of drug-likeness (QED) is 0.386. The molecule has 0 spiro atoms. The van der Waals surface area contributed by atoms with E-state index in [1.165, 1.54) is 4.70 Å². The monoisotopic (exact) mass is 447 g/mol. The van der Waals surface area contributed by atoms with Crippen molar-refractivity contribution in [1.82, 2.24) is 15.6 Å². The van der Waals surface area contributed by atoms with Crippen LogP contribution >= 0.6 is 23.1 Å². The molecule has 5 nitrogen and oxygen atoms in total. The largest absolute Gasteiger partial charge is 0.350 e. The van der Waals surface area contributed by atoms with Crippen molar-refractivity contribution in [2.24, 2.45) is 0 Å². The highest BCUT2D eigenvalue weighted by Gasteiger charge is 2.09. The van der Waals surface area contributed by atoms with E-state index in [0.29, 0.717) is 12.1 Å². The zero-order valence-corrected chi connectivity index (χ0v) is 18.3. The Bertz CT molecular complexity index is 1140. The number of carbonyl (C=O) groups excluding carboxylic acids is 2. The van der Waals surface area contributed by atoms with Gasteiger partial charge in [0, 0.05) is 17.9 Å². The topological polar surface area (TPSA) is 71.1 Å². The number of nitrogens with zero attached hydrogens (tertiary/aromatic N) is 1. The van der Waals surface area contributed by atoms with Gasteiger partial charge in [0.2, 0.25) is 5.91 Å². The normalized spacial score (nSPS) is 10.7. The van der Waals surface area contributed by atoms with E-state index in [0.717, 1.165) is 26.7 Å². The van der Waals surface area contributed by atoms with Crippen molar-refractivity contribution in [2.75, 3.05) is 6.54 Å². The van der Waals surface area contributed by atoms with Crippen LogP contribution < -0.4 is 10.6 Å². The van der Waals surface area contributed by atoms with Gasteiger partial charge in [-0.3, -0.25) is 9.59 Å². The van der Waals surface area contributed by atoms with Crippen molar-refractivity contribution in [3.63, 3.8) is 0 Å². The zero-order chi connectivity index (χ0) is 21.5. The molecule has 0 aliphatic rings. The lowest BCUT2D eigenvalue weighted by Gasteiger charge is -2.08. The Labute approximate surface area is 188 Å². The number of hydrogen-bond acceptors (Lipinski definition) is 5. The van der Waals surface area contributed by atoms with Crippen molar-refractivity contribution in [1.29, 1.82) is 0 Å². The highest BCUT2D eigenvalue weighted by atomic mass is 32.2. The minimum atomic E-state index is -0.264. The van der Waals surface area contributed by atoms with Gasteiger partial charge in [-0.15, -0.1) is 11.3 Å². The molecule has 1 aromatic heterocycles. The van der Waals surface area contributed by atoms with Crippen LogP contribution in [0.4, 0.5) is 0 Å². The maximum absolute atomic E-state index is 12.3. The molecule has 2 amide bonds. The van der Waals surface area contributed by atoms with Gasteiger partial charge in [0.25, 0.3) is 5.91 Å². The molecular weight excluding hydrogens is 426 g/mol. The lowest BCUT2D eigenvalue weighted by Crippen LogP contribution is -2.36. The number of amides is 2. The summed E-state index contributed by atoms with van der Waals surface area (Å²) in [5.41, 5.74) is 3.68. The van der Waals surface area contributed by atoms with Gasteiger partial charge in [-0.25, -0.2) is 4.98 Å². The lowest BCUT2D eigenvalue weighted by molar-refractivity contribution is -0.120. The first kappa shape index (κ1) is 21.1. The van der Waals surface area contributed by atoms with Crippen molar-refractivity contribution in [3.05, 3.63) is 95.6 Å². The molecule has 0 fully saturated rings. The molecule has 0 radical (unpaired) electrons. The van der Waals surface area contributed by atoms with E-state index in [1.807, 2.05) is 60.7 Å². The summed E-state index contributed by atoms with van der Waals surface area (Å²) in [4.78, 5) is 28.9. The number of rotatable bonds is 8. The second-order valence-electron chi connectivity index (χ2n) is 6.88. The number of thiazole rings is 1. The van der Waals surface area contributed by atoms with Crippen LogP contribution in [-0.2, 0) is 17.1 Å². The SMILES string of the molecule is O=C(CNC(=O)c1ccc(CSc2nc3ccccc3s2)cc1)NCc1ccccc1. The first-order valence-electron chi connectivity index (χ1n) is 9.83. The second-order valence-corrected chi connectivity index (χ2v) is 9.13. The van der Waals surface area contributed by atoms with Gasteiger partial charge in [-0.1, -0.05) is 66.4 Å². The van der Waals surface area contributed by atoms with Gasteiger partial charge >= 0.3 is 0 Å². The Morgan fingerprint density at radius 2 is 1.58 bits per heavy atom. The molecule has 4 aromatic rings. The second kappa shape index (κ2) is 10.2. The predicted octanol–water partition coefficient (Wildman–Crippen LogP) is 4.63. The summed E-state index contributed by atoms with van der Waals surface area (Å²) < 4.78 is 2.22. The molecule has 0 unspecified atom stereocenters. The molecule has 156 valence electrons. The Morgan fingerprint density at radius 3 is 2.35 bits per heavy atom. The van der Waals surface area contributed by atoms with Gasteiger partial charge in [-0.05, 0) is 35.4 Å². The van der Waals surface area contributed by atoms with Gasteiger partial charge in [0.05, 0.1) is 16.8 Å². The number of benzene rings is 3. The fourth-order valence-electron chi connectivity index (χ4n) is 2.93. The third-order valence-electron chi connectivity index (χ3n) is 4.59. The van der Waals surface area contributed by atoms with Crippen LogP contribution in [0.2, 0.25) is 0 Å². The van der Waals surface area contributed by atoms with Crippen LogP contribution in [-0.4, -0.2) is 23.3 Å². The van der Waals surface area contributed by atoms with Gasteiger partial charge in [0.1, 0.15) is 0 Å². The van der Waals surface area contributed by atoms with Crippen molar-refractivity contribution >= 4 is 45.1 Å². The van der Waals surface area contributed by atoms with E-state index in [-0.39, 0.29) is 18.4 Å². The van der Waals surface area contributed by atoms with Crippen LogP contribution in [0.3, 0.4) is 0 Å². The van der Waals surface area contributed by atoms with E-state index in [4.69, 9.17) is 0 Å². The maximum Gasteiger partial charge on any atom is 0.251 e. The molecule has 3 aromatic carbocycles. The Morgan fingerprint density at radius 1 is 0.839 bits per heavy atom. The molecule has 0 aliphatic heterocycles. The minimum Gasteiger partial charge on any atom is -0.350 e. The smallest absolute Gasteiger partial charge is 0.251 e. The average molecular weight is 448 g/mol. The summed E-state index contributed by atoms with van der Waals surface area (Å²) in [5, 5.41) is 5.46. The predicted molar refractivity (Wildman–Crippen MR) is 126 cm³/mol. The summed E-state index contributed by atoms with van der Waals surface area (Å²) in [6.07, 6.45) is 0. The minimum absolute atomic E-state index is 0.0547. The van der Waals surface area contributed by atoms with Crippen molar-refractivity contribution in [2.45, 2.75) is 16.6 Å². The van der Waals surface area contributed by atoms with E-state index < -0.39 is 0 Å². The molecule has 0 aliphatic carbocycles. The summed E-state index contributed by atoms with van der Waals surface area (Å²) in [7, 11) is 0. The first-order valence-corrected chi connectivity index (χ1v) is 11.6. The van der Waals surface area contributed by atoms with Crippen LogP contribution in [0.15, 0.2) is 83.2 Å². The molecule has 2 N–H and O–H groups in total. The van der Waals surface area contributed by atoms with E-state index >= 15 is 0 Å². The number of hydrogen-bond donors (Lipinski definition) is 2. The van der Waals surface area contributed by atoms with Gasteiger partial charge < -0.3 is 10.6 Å². The van der Waals surface area contributed by atoms with Crippen molar-refractivity contribution in [3.8, 4) is 0 Å². The average Bonchev–Trinajstić information content (AvgIpc) is 3.24.